The minimum Gasteiger partial charge on any atom is -0.411 e. The van der Waals surface area contributed by atoms with Crippen molar-refractivity contribution >= 4 is 11.0 Å². The van der Waals surface area contributed by atoms with Crippen LogP contribution < -0.4 is 0 Å². The molecule has 2 aromatic rings. The first-order valence-corrected chi connectivity index (χ1v) is 3.14. The lowest BCUT2D eigenvalue weighted by Crippen LogP contribution is -1.93. The van der Waals surface area contributed by atoms with Crippen LogP contribution in [-0.4, -0.2) is 25.1 Å². The van der Waals surface area contributed by atoms with Gasteiger partial charge >= 0.3 is 0 Å². The van der Waals surface area contributed by atoms with Crippen molar-refractivity contribution in [1.29, 1.82) is 0 Å². The highest BCUT2D eigenvalue weighted by atomic mass is 16.5. The fourth-order valence-corrected chi connectivity index (χ4v) is 0.902. The molecule has 0 radical (unpaired) electrons. The van der Waals surface area contributed by atoms with Crippen molar-refractivity contribution in [3.05, 3.63) is 18.2 Å². The van der Waals surface area contributed by atoms with Crippen LogP contribution in [0.3, 0.4) is 0 Å². The quantitative estimate of drug-likeness (QED) is 0.551. The number of aromatic nitrogens is 4. The summed E-state index contributed by atoms with van der Waals surface area (Å²) in [5.74, 6) is 0.672. The number of rotatable bonds is 0. The molecule has 0 saturated carbocycles. The SMILES string of the molecule is Cc1ncc2c(cnn2O)n1. The molecule has 0 aromatic carbocycles. The molecule has 0 amide bonds. The molecule has 0 fully saturated rings. The molecule has 5 heteroatoms. The zero-order valence-corrected chi connectivity index (χ0v) is 5.89. The maximum absolute atomic E-state index is 9.03. The summed E-state index contributed by atoms with van der Waals surface area (Å²) in [5, 5.41) is 12.6. The smallest absolute Gasteiger partial charge is 0.146 e. The van der Waals surface area contributed by atoms with Gasteiger partial charge in [0.2, 0.25) is 0 Å². The van der Waals surface area contributed by atoms with Crippen LogP contribution in [0.1, 0.15) is 5.82 Å². The molecule has 2 rings (SSSR count). The Kier molecular flexibility index (Phi) is 1.06. The van der Waals surface area contributed by atoms with E-state index in [2.05, 4.69) is 15.1 Å². The van der Waals surface area contributed by atoms with E-state index in [1.54, 1.807) is 6.92 Å². The van der Waals surface area contributed by atoms with E-state index in [1.807, 2.05) is 0 Å². The molecule has 56 valence electrons. The van der Waals surface area contributed by atoms with Crippen LogP contribution in [0.4, 0.5) is 0 Å². The Hall–Kier alpha value is -1.65. The van der Waals surface area contributed by atoms with Crippen LogP contribution in [0.5, 0.6) is 0 Å². The zero-order chi connectivity index (χ0) is 7.84. The third-order valence-electron chi connectivity index (χ3n) is 1.42. The maximum Gasteiger partial charge on any atom is 0.146 e. The normalized spacial score (nSPS) is 10.6. The van der Waals surface area contributed by atoms with E-state index < -0.39 is 0 Å². The van der Waals surface area contributed by atoms with Crippen LogP contribution >= 0.6 is 0 Å². The second-order valence-corrected chi connectivity index (χ2v) is 2.22. The molecule has 0 aliphatic rings. The number of fused-ring (bicyclic) bond motifs is 1. The lowest BCUT2D eigenvalue weighted by Gasteiger charge is -1.91. The first kappa shape index (κ1) is 6.09. The van der Waals surface area contributed by atoms with Gasteiger partial charge in [0.05, 0.1) is 12.4 Å². The molecule has 5 nitrogen and oxygen atoms in total. The minimum absolute atomic E-state index is 0.524. The lowest BCUT2D eigenvalue weighted by atomic mass is 10.5. The highest BCUT2D eigenvalue weighted by Gasteiger charge is 2.01. The summed E-state index contributed by atoms with van der Waals surface area (Å²) in [5.41, 5.74) is 1.18. The van der Waals surface area contributed by atoms with Gasteiger partial charge in [-0.1, -0.05) is 4.85 Å². The summed E-state index contributed by atoms with van der Waals surface area (Å²) < 4.78 is 0. The number of hydrogen-bond donors (Lipinski definition) is 1. The van der Waals surface area contributed by atoms with Crippen molar-refractivity contribution in [3.63, 3.8) is 0 Å². The Bertz CT molecular complexity index is 394. The summed E-state index contributed by atoms with van der Waals surface area (Å²) in [4.78, 5) is 8.71. The van der Waals surface area contributed by atoms with E-state index in [4.69, 9.17) is 5.21 Å². The van der Waals surface area contributed by atoms with Crippen LogP contribution in [-0.2, 0) is 0 Å². The van der Waals surface area contributed by atoms with Gasteiger partial charge in [0.15, 0.2) is 0 Å². The molecule has 0 spiro atoms. The van der Waals surface area contributed by atoms with Crippen molar-refractivity contribution in [2.75, 3.05) is 0 Å². The summed E-state index contributed by atoms with van der Waals surface area (Å²) in [6.07, 6.45) is 3.02. The fraction of sp³-hybridized carbons (Fsp3) is 0.167. The van der Waals surface area contributed by atoms with Gasteiger partial charge in [0.25, 0.3) is 0 Å². The Balaban J connectivity index is 2.86. The molecule has 0 aliphatic heterocycles. The first-order chi connectivity index (χ1) is 5.27. The molecule has 2 aromatic heterocycles. The molecular weight excluding hydrogens is 144 g/mol. The van der Waals surface area contributed by atoms with Gasteiger partial charge in [-0.15, -0.1) is 5.10 Å². The average Bonchev–Trinajstić information content (AvgIpc) is 2.32. The fourth-order valence-electron chi connectivity index (χ4n) is 0.902. The number of nitrogens with zero attached hydrogens (tertiary/aromatic N) is 4. The second-order valence-electron chi connectivity index (χ2n) is 2.22. The van der Waals surface area contributed by atoms with E-state index in [9.17, 15) is 0 Å². The Labute approximate surface area is 62.3 Å². The average molecular weight is 150 g/mol. The van der Waals surface area contributed by atoms with E-state index in [0.717, 1.165) is 4.85 Å². The van der Waals surface area contributed by atoms with E-state index in [0.29, 0.717) is 16.9 Å². The maximum atomic E-state index is 9.03. The molecule has 11 heavy (non-hydrogen) atoms. The second kappa shape index (κ2) is 1.91. The topological polar surface area (TPSA) is 63.8 Å². The van der Waals surface area contributed by atoms with Gasteiger partial charge in [-0.25, -0.2) is 9.97 Å². The molecule has 1 N–H and O–H groups in total. The van der Waals surface area contributed by atoms with Gasteiger partial charge in [0.1, 0.15) is 16.9 Å². The van der Waals surface area contributed by atoms with Gasteiger partial charge < -0.3 is 5.21 Å². The Morgan fingerprint density at radius 2 is 2.27 bits per heavy atom. The van der Waals surface area contributed by atoms with Crippen molar-refractivity contribution < 1.29 is 5.21 Å². The first-order valence-electron chi connectivity index (χ1n) is 3.14. The molecule has 0 atom stereocenters. The number of hydrogen-bond acceptors (Lipinski definition) is 4. The van der Waals surface area contributed by atoms with Gasteiger partial charge in [-0.05, 0) is 6.92 Å². The summed E-state index contributed by atoms with van der Waals surface area (Å²) in [7, 11) is 0. The third-order valence-corrected chi connectivity index (χ3v) is 1.42. The van der Waals surface area contributed by atoms with Crippen molar-refractivity contribution in [1.82, 2.24) is 19.9 Å². The summed E-state index contributed by atoms with van der Waals surface area (Å²) in [6, 6.07) is 0. The van der Waals surface area contributed by atoms with Crippen molar-refractivity contribution in [2.45, 2.75) is 6.92 Å². The van der Waals surface area contributed by atoms with Crippen LogP contribution in [0.25, 0.3) is 11.0 Å². The predicted molar refractivity (Wildman–Crippen MR) is 37.2 cm³/mol. The highest BCUT2D eigenvalue weighted by molar-refractivity contribution is 5.72. The van der Waals surface area contributed by atoms with Crippen molar-refractivity contribution in [2.24, 2.45) is 0 Å². The van der Waals surface area contributed by atoms with E-state index >= 15 is 0 Å². The van der Waals surface area contributed by atoms with Crippen LogP contribution in [0.2, 0.25) is 0 Å². The molecular formula is C6H6N4O. The van der Waals surface area contributed by atoms with Gasteiger partial charge in [-0.3, -0.25) is 0 Å². The minimum atomic E-state index is 0.524. The van der Waals surface area contributed by atoms with E-state index in [-0.39, 0.29) is 0 Å². The van der Waals surface area contributed by atoms with Crippen LogP contribution in [0.15, 0.2) is 12.4 Å². The lowest BCUT2D eigenvalue weighted by molar-refractivity contribution is 0.161. The van der Waals surface area contributed by atoms with Crippen molar-refractivity contribution in [3.8, 4) is 0 Å². The van der Waals surface area contributed by atoms with Crippen LogP contribution in [0, 0.1) is 6.92 Å². The Morgan fingerprint density at radius 1 is 1.45 bits per heavy atom. The van der Waals surface area contributed by atoms with Gasteiger partial charge in [0, 0.05) is 0 Å². The third kappa shape index (κ3) is 0.813. The summed E-state index contributed by atoms with van der Waals surface area (Å²) in [6.45, 7) is 1.79. The number of aryl methyl sites for hydroxylation is 1. The molecule has 0 aliphatic carbocycles. The molecule has 0 bridgehead atoms. The van der Waals surface area contributed by atoms with E-state index in [1.165, 1.54) is 12.4 Å². The largest absolute Gasteiger partial charge is 0.411 e. The highest BCUT2D eigenvalue weighted by Crippen LogP contribution is 2.06. The van der Waals surface area contributed by atoms with Gasteiger partial charge in [-0.2, -0.15) is 0 Å². The molecule has 0 saturated heterocycles. The molecule has 0 unspecified atom stereocenters. The zero-order valence-electron chi connectivity index (χ0n) is 5.89. The Morgan fingerprint density at radius 3 is 3.09 bits per heavy atom. The monoisotopic (exact) mass is 150 g/mol. The summed E-state index contributed by atoms with van der Waals surface area (Å²) >= 11 is 0. The molecule has 2 heterocycles. The standard InChI is InChI=1S/C6H6N4O/c1-4-7-3-6-5(9-4)2-8-10(6)11/h2-3,11H,1H3. The predicted octanol–water partition coefficient (Wildman–Crippen LogP) is 0.372.